The molecule has 0 amide bonds. The summed E-state index contributed by atoms with van der Waals surface area (Å²) in [7, 11) is 0. The largest absolute Gasteiger partial charge is 0.447 e. The first-order valence-corrected chi connectivity index (χ1v) is 5.67. The number of benzene rings is 1. The van der Waals surface area contributed by atoms with Crippen LogP contribution in [0, 0.1) is 0 Å². The van der Waals surface area contributed by atoms with Crippen LogP contribution in [0.25, 0.3) is 11.5 Å². The van der Waals surface area contributed by atoms with E-state index in [1.54, 1.807) is 0 Å². The Hall–Kier alpha value is -1.02. The van der Waals surface area contributed by atoms with Crippen molar-refractivity contribution in [2.75, 3.05) is 0 Å². The Morgan fingerprint density at radius 3 is 2.53 bits per heavy atom. The lowest BCUT2D eigenvalue weighted by Crippen LogP contribution is -2.31. The van der Waals surface area contributed by atoms with Gasteiger partial charge in [-0.25, -0.2) is 0 Å². The van der Waals surface area contributed by atoms with Crippen molar-refractivity contribution >= 4 is 18.5 Å². The van der Waals surface area contributed by atoms with Gasteiger partial charge in [0.25, 0.3) is 0 Å². The van der Waals surface area contributed by atoms with Gasteiger partial charge in [0.1, 0.15) is 0 Å². The lowest BCUT2D eigenvalue weighted by molar-refractivity contribution is 0.593. The third kappa shape index (κ3) is 2.97. The summed E-state index contributed by atoms with van der Waals surface area (Å²) in [5, 5.41) is 12.1. The summed E-state index contributed by atoms with van der Waals surface area (Å²) >= 11 is 0. The van der Waals surface area contributed by atoms with Crippen LogP contribution >= 0.6 is 0 Å². The molecule has 80 valence electrons. The monoisotopic (exact) mass is 202 g/mol. The smallest absolute Gasteiger partial charge is 0.316 e. The Labute approximate surface area is 92.3 Å². The Kier molecular flexibility index (Phi) is 4.63. The Morgan fingerprint density at radius 2 is 2.00 bits per heavy atom. The summed E-state index contributed by atoms with van der Waals surface area (Å²) in [6, 6.07) is 8.27. The Balaban J connectivity index is 3.53. The fourth-order valence-electron chi connectivity index (χ4n) is 1.90. The first-order valence-electron chi connectivity index (χ1n) is 5.67. The minimum Gasteiger partial charge on any atom is -0.447 e. The maximum absolute atomic E-state index is 9.71. The molecule has 0 atom stereocenters. The first kappa shape index (κ1) is 12.1. The van der Waals surface area contributed by atoms with Crippen LogP contribution in [0.3, 0.4) is 0 Å². The van der Waals surface area contributed by atoms with E-state index in [1.165, 1.54) is 10.4 Å². The predicted octanol–water partition coefficient (Wildman–Crippen LogP) is 1.59. The van der Waals surface area contributed by atoms with Gasteiger partial charge in [0.2, 0.25) is 0 Å². The minimum absolute atomic E-state index is 0.360. The Bertz CT molecular complexity index is 420. The molecule has 0 unspecified atom stereocenters. The second-order valence-corrected chi connectivity index (χ2v) is 3.75. The molecule has 1 aromatic carbocycles. The van der Waals surface area contributed by atoms with E-state index in [0.717, 1.165) is 18.3 Å². The van der Waals surface area contributed by atoms with Gasteiger partial charge < -0.3 is 5.02 Å². The lowest BCUT2D eigenvalue weighted by Gasteiger charge is -2.05. The molecule has 0 saturated carbocycles. The lowest BCUT2D eigenvalue weighted by atomic mass is 9.61. The molecule has 1 rings (SSSR count). The quantitative estimate of drug-likeness (QED) is 0.738. The average Bonchev–Trinajstić information content (AvgIpc) is 2.21. The van der Waals surface area contributed by atoms with Crippen LogP contribution in [-0.2, 0) is 0 Å². The molecule has 15 heavy (non-hydrogen) atoms. The van der Waals surface area contributed by atoms with Gasteiger partial charge >= 0.3 is 6.92 Å². The predicted molar refractivity (Wildman–Crippen MR) is 68.0 cm³/mol. The highest BCUT2D eigenvalue weighted by Crippen LogP contribution is 2.01. The van der Waals surface area contributed by atoms with Crippen LogP contribution in [0.1, 0.15) is 26.7 Å². The molecule has 0 aromatic heterocycles. The number of rotatable bonds is 3. The van der Waals surface area contributed by atoms with Crippen LogP contribution in [0.15, 0.2) is 24.3 Å². The first-order chi connectivity index (χ1) is 7.20. The molecule has 0 radical (unpaired) electrons. The fraction of sp³-hybridized carbons (Fsp3) is 0.385. The molecule has 0 heterocycles. The molecule has 0 aliphatic carbocycles. The van der Waals surface area contributed by atoms with Gasteiger partial charge in [0, 0.05) is 0 Å². The molecule has 1 nitrogen and oxygen atoms in total. The number of hydrogen-bond acceptors (Lipinski definition) is 1. The van der Waals surface area contributed by atoms with Gasteiger partial charge in [-0.05, 0) is 23.3 Å². The van der Waals surface area contributed by atoms with E-state index in [4.69, 9.17) is 0 Å². The van der Waals surface area contributed by atoms with E-state index in [1.807, 2.05) is 19.0 Å². The molecule has 2 heteroatoms. The number of hydrogen-bond donors (Lipinski definition) is 1. The molecule has 0 aliphatic heterocycles. The Morgan fingerprint density at radius 1 is 1.33 bits per heavy atom. The molecular weight excluding hydrogens is 183 g/mol. The van der Waals surface area contributed by atoms with E-state index >= 15 is 0 Å². The summed E-state index contributed by atoms with van der Waals surface area (Å²) in [6.45, 7) is 5.69. The van der Waals surface area contributed by atoms with E-state index in [9.17, 15) is 5.02 Å². The van der Waals surface area contributed by atoms with E-state index in [2.05, 4.69) is 32.1 Å². The van der Waals surface area contributed by atoms with Crippen molar-refractivity contribution < 1.29 is 5.02 Å². The van der Waals surface area contributed by atoms with Gasteiger partial charge in [0.05, 0.1) is 0 Å². The zero-order chi connectivity index (χ0) is 11.3. The van der Waals surface area contributed by atoms with Crippen molar-refractivity contribution in [1.82, 2.24) is 0 Å². The summed E-state index contributed by atoms with van der Waals surface area (Å²) in [5.74, 6) is 0. The molecular formula is C13H19BO. The van der Waals surface area contributed by atoms with E-state index in [-0.39, 0.29) is 6.92 Å². The van der Waals surface area contributed by atoms with Gasteiger partial charge in [-0.2, -0.15) is 0 Å². The van der Waals surface area contributed by atoms with Crippen LogP contribution in [0.2, 0.25) is 6.82 Å². The zero-order valence-corrected chi connectivity index (χ0v) is 9.83. The van der Waals surface area contributed by atoms with Crippen molar-refractivity contribution in [2.45, 2.75) is 33.5 Å². The molecule has 0 aliphatic rings. The van der Waals surface area contributed by atoms with Crippen molar-refractivity contribution in [2.24, 2.45) is 0 Å². The SMILES string of the molecule is CC/C=c1/cccc/c1=C(/CC)B(C)O. The van der Waals surface area contributed by atoms with Gasteiger partial charge in [0.15, 0.2) is 0 Å². The zero-order valence-electron chi connectivity index (χ0n) is 9.83. The molecule has 0 bridgehead atoms. The minimum atomic E-state index is -0.360. The normalized spacial score (nSPS) is 14.0. The highest BCUT2D eigenvalue weighted by atomic mass is 16.2. The standard InChI is InChI=1S/C13H19BO/c1-4-8-11-9-6-7-10-12(11)13(5-2)14(3)15/h6-10,15H,4-5H2,1-3H3/b11-8-,13-12+. The van der Waals surface area contributed by atoms with Gasteiger partial charge in [-0.15, -0.1) is 0 Å². The molecule has 0 saturated heterocycles. The van der Waals surface area contributed by atoms with Crippen LogP contribution in [0.4, 0.5) is 0 Å². The van der Waals surface area contributed by atoms with Gasteiger partial charge in [-0.3, -0.25) is 0 Å². The second kappa shape index (κ2) is 5.77. The van der Waals surface area contributed by atoms with E-state index < -0.39 is 0 Å². The molecule has 1 aromatic rings. The van der Waals surface area contributed by atoms with Crippen molar-refractivity contribution in [1.29, 1.82) is 0 Å². The molecule has 0 fully saturated rings. The van der Waals surface area contributed by atoms with Crippen molar-refractivity contribution in [3.63, 3.8) is 0 Å². The summed E-state index contributed by atoms with van der Waals surface area (Å²) < 4.78 is 0. The van der Waals surface area contributed by atoms with Crippen LogP contribution < -0.4 is 10.4 Å². The molecule has 0 spiro atoms. The van der Waals surface area contributed by atoms with Crippen molar-refractivity contribution in [3.05, 3.63) is 34.7 Å². The van der Waals surface area contributed by atoms with Crippen LogP contribution in [-0.4, -0.2) is 11.9 Å². The van der Waals surface area contributed by atoms with Crippen molar-refractivity contribution in [3.8, 4) is 0 Å². The molecule has 1 N–H and O–H groups in total. The van der Waals surface area contributed by atoms with Crippen LogP contribution in [0.5, 0.6) is 0 Å². The fourth-order valence-corrected chi connectivity index (χ4v) is 1.90. The maximum Gasteiger partial charge on any atom is 0.316 e. The second-order valence-electron chi connectivity index (χ2n) is 3.75. The summed E-state index contributed by atoms with van der Waals surface area (Å²) in [4.78, 5) is 0. The topological polar surface area (TPSA) is 20.2 Å². The average molecular weight is 202 g/mol. The highest BCUT2D eigenvalue weighted by molar-refractivity contribution is 6.69. The maximum atomic E-state index is 9.71. The van der Waals surface area contributed by atoms with E-state index in [0.29, 0.717) is 0 Å². The highest BCUT2D eigenvalue weighted by Gasteiger charge is 2.08. The third-order valence-electron chi connectivity index (χ3n) is 2.62. The third-order valence-corrected chi connectivity index (χ3v) is 2.62. The van der Waals surface area contributed by atoms with Gasteiger partial charge in [-0.1, -0.05) is 56.5 Å². The summed E-state index contributed by atoms with van der Waals surface area (Å²) in [5.41, 5.74) is 1.12. The summed E-state index contributed by atoms with van der Waals surface area (Å²) in [6.07, 6.45) is 4.12.